The Morgan fingerprint density at radius 3 is 2.84 bits per heavy atom. The lowest BCUT2D eigenvalue weighted by atomic mass is 10.1. The van der Waals surface area contributed by atoms with Gasteiger partial charge in [0, 0.05) is 0 Å². The van der Waals surface area contributed by atoms with Gasteiger partial charge in [-0.05, 0) is 35.7 Å². The van der Waals surface area contributed by atoms with Crippen molar-refractivity contribution in [3.05, 3.63) is 70.8 Å². The summed E-state index contributed by atoms with van der Waals surface area (Å²) >= 11 is 0. The van der Waals surface area contributed by atoms with Crippen molar-refractivity contribution in [1.29, 1.82) is 5.26 Å². The standard InChI is InChI=1S/C16H14N2O/c1-13-5-2-3-8-16(13)11-18-19-12-15-7-4-6-14(9-15)10-17/h2-9,11H,12H2,1H3. The molecular weight excluding hydrogens is 236 g/mol. The van der Waals surface area contributed by atoms with E-state index in [9.17, 15) is 0 Å². The molecule has 3 nitrogen and oxygen atoms in total. The first-order valence-corrected chi connectivity index (χ1v) is 5.99. The summed E-state index contributed by atoms with van der Waals surface area (Å²) in [5.41, 5.74) is 3.75. The predicted octanol–water partition coefficient (Wildman–Crippen LogP) is 3.42. The molecule has 0 aliphatic rings. The van der Waals surface area contributed by atoms with Crippen molar-refractivity contribution < 1.29 is 4.84 Å². The fourth-order valence-electron chi connectivity index (χ4n) is 1.67. The Morgan fingerprint density at radius 1 is 1.21 bits per heavy atom. The largest absolute Gasteiger partial charge is 0.391 e. The molecule has 0 aromatic heterocycles. The van der Waals surface area contributed by atoms with Crippen LogP contribution >= 0.6 is 0 Å². The Hall–Kier alpha value is -2.60. The number of nitrogens with zero attached hydrogens (tertiary/aromatic N) is 2. The molecule has 0 bridgehead atoms. The quantitative estimate of drug-likeness (QED) is 0.616. The number of nitriles is 1. The average Bonchev–Trinajstić information content (AvgIpc) is 2.45. The summed E-state index contributed by atoms with van der Waals surface area (Å²) in [6.07, 6.45) is 1.70. The van der Waals surface area contributed by atoms with Gasteiger partial charge in [0.25, 0.3) is 0 Å². The van der Waals surface area contributed by atoms with Crippen molar-refractivity contribution in [2.45, 2.75) is 13.5 Å². The maximum absolute atomic E-state index is 8.79. The second kappa shape index (κ2) is 6.36. The van der Waals surface area contributed by atoms with E-state index < -0.39 is 0 Å². The molecule has 0 heterocycles. The first-order valence-electron chi connectivity index (χ1n) is 5.99. The van der Waals surface area contributed by atoms with Crippen LogP contribution < -0.4 is 0 Å². The summed E-state index contributed by atoms with van der Waals surface area (Å²) in [7, 11) is 0. The van der Waals surface area contributed by atoms with Gasteiger partial charge >= 0.3 is 0 Å². The highest BCUT2D eigenvalue weighted by Gasteiger charge is 1.95. The highest BCUT2D eigenvalue weighted by Crippen LogP contribution is 2.07. The molecule has 0 N–H and O–H groups in total. The predicted molar refractivity (Wildman–Crippen MR) is 74.7 cm³/mol. The van der Waals surface area contributed by atoms with E-state index in [0.717, 1.165) is 16.7 Å². The van der Waals surface area contributed by atoms with E-state index in [0.29, 0.717) is 12.2 Å². The van der Waals surface area contributed by atoms with Gasteiger partial charge in [0.05, 0.1) is 17.8 Å². The summed E-state index contributed by atoms with van der Waals surface area (Å²) in [5.74, 6) is 0. The summed E-state index contributed by atoms with van der Waals surface area (Å²) < 4.78 is 0. The third-order valence-corrected chi connectivity index (χ3v) is 2.74. The zero-order valence-corrected chi connectivity index (χ0v) is 10.7. The molecule has 0 atom stereocenters. The van der Waals surface area contributed by atoms with Gasteiger partial charge in [0.2, 0.25) is 0 Å². The van der Waals surface area contributed by atoms with Gasteiger partial charge in [-0.3, -0.25) is 0 Å². The van der Waals surface area contributed by atoms with Crippen LogP contribution in [-0.4, -0.2) is 6.21 Å². The molecule has 94 valence electrons. The van der Waals surface area contributed by atoms with Gasteiger partial charge in [0.15, 0.2) is 0 Å². The van der Waals surface area contributed by atoms with E-state index in [-0.39, 0.29) is 0 Å². The second-order valence-corrected chi connectivity index (χ2v) is 4.18. The first kappa shape index (κ1) is 12.8. The molecule has 19 heavy (non-hydrogen) atoms. The van der Waals surface area contributed by atoms with Gasteiger partial charge in [-0.2, -0.15) is 5.26 Å². The van der Waals surface area contributed by atoms with Crippen LogP contribution in [0.5, 0.6) is 0 Å². The molecule has 0 aliphatic heterocycles. The Labute approximate surface area is 112 Å². The van der Waals surface area contributed by atoms with Crippen molar-refractivity contribution in [3.8, 4) is 6.07 Å². The van der Waals surface area contributed by atoms with Crippen molar-refractivity contribution in [2.75, 3.05) is 0 Å². The normalized spacial score (nSPS) is 10.3. The zero-order chi connectivity index (χ0) is 13.5. The van der Waals surface area contributed by atoms with Crippen LogP contribution in [0.4, 0.5) is 0 Å². The van der Waals surface area contributed by atoms with Crippen molar-refractivity contribution in [3.63, 3.8) is 0 Å². The topological polar surface area (TPSA) is 45.4 Å². The van der Waals surface area contributed by atoms with Gasteiger partial charge in [-0.25, -0.2) is 0 Å². The van der Waals surface area contributed by atoms with Crippen molar-refractivity contribution in [1.82, 2.24) is 0 Å². The first-order chi connectivity index (χ1) is 9.29. The Kier molecular flexibility index (Phi) is 4.30. The number of hydrogen-bond acceptors (Lipinski definition) is 3. The van der Waals surface area contributed by atoms with Crippen LogP contribution in [-0.2, 0) is 11.4 Å². The third kappa shape index (κ3) is 3.68. The van der Waals surface area contributed by atoms with E-state index in [1.165, 1.54) is 0 Å². The van der Waals surface area contributed by atoms with Crippen molar-refractivity contribution >= 4 is 6.21 Å². The Balaban J connectivity index is 1.93. The van der Waals surface area contributed by atoms with Crippen LogP contribution in [0.15, 0.2) is 53.7 Å². The lowest BCUT2D eigenvalue weighted by molar-refractivity contribution is 0.132. The van der Waals surface area contributed by atoms with Gasteiger partial charge in [-0.15, -0.1) is 0 Å². The molecule has 2 aromatic carbocycles. The minimum atomic E-state index is 0.359. The van der Waals surface area contributed by atoms with E-state index in [1.807, 2.05) is 43.3 Å². The van der Waals surface area contributed by atoms with E-state index in [2.05, 4.69) is 11.2 Å². The number of hydrogen-bond donors (Lipinski definition) is 0. The van der Waals surface area contributed by atoms with Crippen molar-refractivity contribution in [2.24, 2.45) is 5.16 Å². The lowest BCUT2D eigenvalue weighted by Gasteiger charge is -2.01. The summed E-state index contributed by atoms with van der Waals surface area (Å²) in [6.45, 7) is 2.38. The van der Waals surface area contributed by atoms with E-state index in [1.54, 1.807) is 18.3 Å². The summed E-state index contributed by atoms with van der Waals surface area (Å²) in [4.78, 5) is 5.24. The van der Waals surface area contributed by atoms with Gasteiger partial charge < -0.3 is 4.84 Å². The molecule has 0 fully saturated rings. The minimum absolute atomic E-state index is 0.359. The molecule has 0 aliphatic carbocycles. The second-order valence-electron chi connectivity index (χ2n) is 4.18. The molecule has 0 spiro atoms. The number of rotatable bonds is 4. The fraction of sp³-hybridized carbons (Fsp3) is 0.125. The minimum Gasteiger partial charge on any atom is -0.391 e. The number of aryl methyl sites for hydroxylation is 1. The van der Waals surface area contributed by atoms with Crippen LogP contribution in [0.2, 0.25) is 0 Å². The summed E-state index contributed by atoms with van der Waals surface area (Å²) in [6, 6.07) is 17.4. The molecule has 0 radical (unpaired) electrons. The highest BCUT2D eigenvalue weighted by molar-refractivity contribution is 5.81. The van der Waals surface area contributed by atoms with Crippen LogP contribution in [0.3, 0.4) is 0 Å². The average molecular weight is 250 g/mol. The number of benzene rings is 2. The molecule has 3 heteroatoms. The Morgan fingerprint density at radius 2 is 2.05 bits per heavy atom. The highest BCUT2D eigenvalue weighted by atomic mass is 16.6. The monoisotopic (exact) mass is 250 g/mol. The molecule has 0 saturated heterocycles. The zero-order valence-electron chi connectivity index (χ0n) is 10.7. The molecule has 0 saturated carbocycles. The van der Waals surface area contributed by atoms with Gasteiger partial charge in [-0.1, -0.05) is 41.6 Å². The molecule has 2 rings (SSSR count). The van der Waals surface area contributed by atoms with Gasteiger partial charge in [0.1, 0.15) is 6.61 Å². The van der Waals surface area contributed by atoms with Crippen LogP contribution in [0.25, 0.3) is 0 Å². The summed E-state index contributed by atoms with van der Waals surface area (Å²) in [5, 5.41) is 12.7. The maximum Gasteiger partial charge on any atom is 0.142 e. The molecule has 0 unspecified atom stereocenters. The smallest absolute Gasteiger partial charge is 0.142 e. The fourth-order valence-corrected chi connectivity index (χ4v) is 1.67. The van der Waals surface area contributed by atoms with Crippen LogP contribution in [0, 0.1) is 18.3 Å². The SMILES string of the molecule is Cc1ccccc1C=NOCc1cccc(C#N)c1. The molecule has 0 amide bonds. The molecule has 2 aromatic rings. The van der Waals surface area contributed by atoms with E-state index >= 15 is 0 Å². The number of oxime groups is 1. The van der Waals surface area contributed by atoms with Crippen LogP contribution in [0.1, 0.15) is 22.3 Å². The van der Waals surface area contributed by atoms with E-state index in [4.69, 9.17) is 10.1 Å². The Bertz CT molecular complexity index is 627. The lowest BCUT2D eigenvalue weighted by Crippen LogP contribution is -1.90. The molecular formula is C16H14N2O. The third-order valence-electron chi connectivity index (χ3n) is 2.74. The maximum atomic E-state index is 8.79.